The van der Waals surface area contributed by atoms with Gasteiger partial charge in [-0.1, -0.05) is 46.6 Å². The van der Waals surface area contributed by atoms with Gasteiger partial charge in [0.25, 0.3) is 0 Å². The van der Waals surface area contributed by atoms with Gasteiger partial charge in [-0.15, -0.1) is 0 Å². The molecule has 0 aromatic carbocycles. The Kier molecular flexibility index (Phi) is 15.4. The summed E-state index contributed by atoms with van der Waals surface area (Å²) in [6, 6.07) is 0. The van der Waals surface area contributed by atoms with Crippen molar-refractivity contribution in [3.05, 3.63) is 12.8 Å². The van der Waals surface area contributed by atoms with Crippen molar-refractivity contribution in [3.8, 4) is 0 Å². The third kappa shape index (κ3) is 9.77. The first-order valence-corrected chi connectivity index (χ1v) is 10.3. The maximum atomic E-state index is 11.9. The Morgan fingerprint density at radius 3 is 1.70 bits per heavy atom. The van der Waals surface area contributed by atoms with Gasteiger partial charge >= 0.3 is 5.97 Å². The first-order valence-electron chi connectivity index (χ1n) is 7.79. The van der Waals surface area contributed by atoms with Crippen LogP contribution in [0.4, 0.5) is 0 Å². The van der Waals surface area contributed by atoms with Crippen molar-refractivity contribution in [2.75, 3.05) is 24.6 Å². The van der Waals surface area contributed by atoms with E-state index in [-0.39, 0.29) is 18.4 Å². The van der Waals surface area contributed by atoms with E-state index in [0.717, 1.165) is 0 Å². The van der Waals surface area contributed by atoms with Crippen LogP contribution in [-0.4, -0.2) is 30.6 Å². The molecule has 0 heterocycles. The van der Waals surface area contributed by atoms with Crippen molar-refractivity contribution in [2.45, 2.75) is 59.3 Å². The molecular formula is C16H32ClO2P. The Bertz CT molecular complexity index is 235. The van der Waals surface area contributed by atoms with E-state index >= 15 is 0 Å². The molecule has 0 aromatic heterocycles. The third-order valence-electron chi connectivity index (χ3n) is 3.64. The number of hydrogen-bond acceptors (Lipinski definition) is 2. The van der Waals surface area contributed by atoms with Gasteiger partial charge in [0.15, 0.2) is 6.16 Å². The number of carbonyl (C=O) groups excluding carboxylic acids is 1. The molecule has 0 spiro atoms. The van der Waals surface area contributed by atoms with Crippen molar-refractivity contribution < 1.29 is 21.9 Å². The van der Waals surface area contributed by atoms with Crippen molar-refractivity contribution in [1.29, 1.82) is 0 Å². The number of ether oxygens (including phenoxy) is 1. The summed E-state index contributed by atoms with van der Waals surface area (Å²) in [6.45, 7) is 10.2. The van der Waals surface area contributed by atoms with Crippen LogP contribution in [0.25, 0.3) is 0 Å². The van der Waals surface area contributed by atoms with Crippen LogP contribution in [0.15, 0.2) is 12.8 Å². The van der Waals surface area contributed by atoms with Crippen LogP contribution in [0.1, 0.15) is 59.3 Å². The molecule has 120 valence electrons. The lowest BCUT2D eigenvalue weighted by atomic mass is 10.4. The van der Waals surface area contributed by atoms with Gasteiger partial charge in [-0.25, -0.2) is 4.79 Å². The summed E-state index contributed by atoms with van der Waals surface area (Å²) in [5, 5.41) is 0. The average Bonchev–Trinajstić information content (AvgIpc) is 2.40. The van der Waals surface area contributed by atoms with Crippen LogP contribution >= 0.6 is 7.26 Å². The fourth-order valence-electron chi connectivity index (χ4n) is 2.46. The van der Waals surface area contributed by atoms with Gasteiger partial charge in [-0.2, -0.15) is 0 Å². The molecular weight excluding hydrogens is 291 g/mol. The lowest BCUT2D eigenvalue weighted by molar-refractivity contribution is -0.135. The smallest absolute Gasteiger partial charge is 0.348 e. The van der Waals surface area contributed by atoms with Gasteiger partial charge in [-0.05, 0) is 19.3 Å². The number of halogens is 1. The predicted octanol–water partition coefficient (Wildman–Crippen LogP) is 2.09. The third-order valence-corrected chi connectivity index (χ3v) is 8.36. The van der Waals surface area contributed by atoms with Gasteiger partial charge in [0.1, 0.15) is 0 Å². The first kappa shape index (κ1) is 22.2. The van der Waals surface area contributed by atoms with E-state index in [4.69, 9.17) is 4.74 Å². The zero-order valence-electron chi connectivity index (χ0n) is 13.5. The Morgan fingerprint density at radius 2 is 1.40 bits per heavy atom. The maximum absolute atomic E-state index is 11.9. The van der Waals surface area contributed by atoms with Crippen molar-refractivity contribution in [3.63, 3.8) is 0 Å². The summed E-state index contributed by atoms with van der Waals surface area (Å²) < 4.78 is 4.99. The molecule has 0 rings (SSSR count). The Hall–Kier alpha value is -0.0700. The van der Waals surface area contributed by atoms with Crippen molar-refractivity contribution in [2.24, 2.45) is 0 Å². The molecule has 0 amide bonds. The molecule has 0 saturated heterocycles. The average molecular weight is 323 g/mol. The predicted molar refractivity (Wildman–Crippen MR) is 87.4 cm³/mol. The van der Waals surface area contributed by atoms with Gasteiger partial charge in [-0.3, -0.25) is 0 Å². The molecule has 0 radical (unpaired) electrons. The van der Waals surface area contributed by atoms with Gasteiger partial charge in [0.05, 0.1) is 24.7 Å². The Morgan fingerprint density at radius 1 is 1.00 bits per heavy atom. The zero-order valence-corrected chi connectivity index (χ0v) is 15.1. The zero-order chi connectivity index (χ0) is 14.6. The molecule has 0 fully saturated rings. The number of carbonyl (C=O) groups is 1. The van der Waals surface area contributed by atoms with Crippen molar-refractivity contribution in [1.82, 2.24) is 0 Å². The summed E-state index contributed by atoms with van der Waals surface area (Å²) in [5.41, 5.74) is 0. The minimum absolute atomic E-state index is 0. The van der Waals surface area contributed by atoms with Gasteiger partial charge < -0.3 is 17.1 Å². The van der Waals surface area contributed by atoms with Crippen LogP contribution in [0.3, 0.4) is 0 Å². The molecule has 0 saturated carbocycles. The van der Waals surface area contributed by atoms with E-state index in [2.05, 4.69) is 27.4 Å². The molecule has 4 heteroatoms. The summed E-state index contributed by atoms with van der Waals surface area (Å²) >= 11 is 0. The fourth-order valence-corrected chi connectivity index (χ4v) is 7.19. The second-order valence-corrected chi connectivity index (χ2v) is 9.73. The second kappa shape index (κ2) is 13.9. The molecule has 0 bridgehead atoms. The Balaban J connectivity index is 0. The quantitative estimate of drug-likeness (QED) is 0.312. The van der Waals surface area contributed by atoms with E-state index in [0.29, 0.717) is 6.16 Å². The van der Waals surface area contributed by atoms with Gasteiger partial charge in [0, 0.05) is 7.26 Å². The van der Waals surface area contributed by atoms with Crippen LogP contribution < -0.4 is 12.4 Å². The molecule has 0 N–H and O–H groups in total. The van der Waals surface area contributed by atoms with E-state index < -0.39 is 7.26 Å². The second-order valence-electron chi connectivity index (χ2n) is 5.39. The monoisotopic (exact) mass is 322 g/mol. The molecule has 0 unspecified atom stereocenters. The van der Waals surface area contributed by atoms with Gasteiger partial charge in [0.2, 0.25) is 0 Å². The normalized spacial score (nSPS) is 10.8. The number of unbranched alkanes of at least 4 members (excludes halogenated alkanes) is 3. The molecule has 0 aliphatic heterocycles. The van der Waals surface area contributed by atoms with E-state index in [1.807, 2.05) is 0 Å². The van der Waals surface area contributed by atoms with Crippen LogP contribution in [0.5, 0.6) is 0 Å². The molecule has 0 aliphatic rings. The molecule has 0 atom stereocenters. The summed E-state index contributed by atoms with van der Waals surface area (Å²) in [6.07, 6.45) is 13.1. The highest BCUT2D eigenvalue weighted by Gasteiger charge is 2.38. The standard InChI is InChI=1S/C16H32O2P.ClH/c1-5-9-12-19(13-10-6-2,14-11-7-3)15-16(17)18-8-4;/h8H,4-7,9-15H2,1-3H3;1H/q+1;/p-1. The minimum Gasteiger partial charge on any atom is -1.00 e. The lowest BCUT2D eigenvalue weighted by Gasteiger charge is -2.26. The summed E-state index contributed by atoms with van der Waals surface area (Å²) in [7, 11) is -1.15. The molecule has 0 aromatic rings. The topological polar surface area (TPSA) is 26.3 Å². The maximum Gasteiger partial charge on any atom is 0.348 e. The van der Waals surface area contributed by atoms with E-state index in [1.54, 1.807) is 0 Å². The molecule has 0 aliphatic carbocycles. The number of rotatable bonds is 12. The first-order chi connectivity index (χ1) is 9.14. The van der Waals surface area contributed by atoms with Crippen LogP contribution in [0, 0.1) is 0 Å². The van der Waals surface area contributed by atoms with Crippen LogP contribution in [-0.2, 0) is 9.53 Å². The highest BCUT2D eigenvalue weighted by Crippen LogP contribution is 2.60. The highest BCUT2D eigenvalue weighted by atomic mass is 35.5. The largest absolute Gasteiger partial charge is 1.00 e. The fraction of sp³-hybridized carbons (Fsp3) is 0.812. The van der Waals surface area contributed by atoms with Crippen LogP contribution in [0.2, 0.25) is 0 Å². The van der Waals surface area contributed by atoms with E-state index in [1.165, 1.54) is 63.3 Å². The summed E-state index contributed by atoms with van der Waals surface area (Å²) in [5.74, 6) is -0.0633. The highest BCUT2D eigenvalue weighted by molar-refractivity contribution is 7.76. The number of hydrogen-bond donors (Lipinski definition) is 0. The SMILES string of the molecule is C=COC(=O)C[P+](CCCC)(CCCC)CCCC.[Cl-]. The summed E-state index contributed by atoms with van der Waals surface area (Å²) in [4.78, 5) is 11.9. The Labute approximate surface area is 132 Å². The van der Waals surface area contributed by atoms with E-state index in [9.17, 15) is 4.79 Å². The lowest BCUT2D eigenvalue weighted by Crippen LogP contribution is -3.00. The van der Waals surface area contributed by atoms with Crippen molar-refractivity contribution >= 4 is 13.2 Å². The molecule has 20 heavy (non-hydrogen) atoms. The number of esters is 1. The minimum atomic E-state index is -1.15. The molecule has 2 nitrogen and oxygen atoms in total.